The topological polar surface area (TPSA) is 95.9 Å². The largest absolute Gasteiger partial charge is 0.466 e. The smallest absolute Gasteiger partial charge is 0.305 e. The van der Waals surface area contributed by atoms with E-state index in [1.807, 2.05) is 6.08 Å². The number of ether oxygens (including phenoxy) is 1. The summed E-state index contributed by atoms with van der Waals surface area (Å²) in [5, 5.41) is 22.9. The lowest BCUT2D eigenvalue weighted by atomic mass is 10.1. The van der Waals surface area contributed by atoms with Crippen molar-refractivity contribution >= 4 is 11.9 Å². The molecule has 3 N–H and O–H groups in total. The summed E-state index contributed by atoms with van der Waals surface area (Å²) in [6.07, 6.45) is 57.2. The molecule has 0 aliphatic rings. The Bertz CT molecular complexity index is 946. The maximum Gasteiger partial charge on any atom is 0.305 e. The lowest BCUT2D eigenvalue weighted by molar-refractivity contribution is -0.143. The van der Waals surface area contributed by atoms with E-state index in [0.29, 0.717) is 19.4 Å². The van der Waals surface area contributed by atoms with Crippen LogP contribution in [0, 0.1) is 0 Å². The molecule has 0 rings (SSSR count). The standard InChI is InChI=1S/C52H97NO5/c1-3-5-7-9-11-13-15-16-17-18-19-20-21-22-26-30-34-38-42-46-52(57)58-47-43-39-35-31-27-24-23-25-29-33-37-41-45-51(56)53-49(48-54)50(55)44-40-36-32-28-14-12-10-8-6-4-2/h16-17,24,27,40,44,49-50,54-55H,3-15,18-23,25-26,28-39,41-43,45-48H2,1-2H3,(H,53,56)/b17-16-,27-24-,44-40+. The Balaban J connectivity index is 3.50. The van der Waals surface area contributed by atoms with Gasteiger partial charge >= 0.3 is 5.97 Å². The van der Waals surface area contributed by atoms with Crippen molar-refractivity contribution in [3.05, 3.63) is 36.5 Å². The summed E-state index contributed by atoms with van der Waals surface area (Å²) in [7, 11) is 0. The van der Waals surface area contributed by atoms with Gasteiger partial charge in [0.25, 0.3) is 0 Å². The molecule has 0 aliphatic heterocycles. The highest BCUT2D eigenvalue weighted by atomic mass is 16.5. The van der Waals surface area contributed by atoms with Crippen LogP contribution < -0.4 is 5.32 Å². The van der Waals surface area contributed by atoms with Crippen molar-refractivity contribution in [2.45, 2.75) is 270 Å². The molecule has 0 aromatic carbocycles. The van der Waals surface area contributed by atoms with Crippen molar-refractivity contribution in [2.24, 2.45) is 0 Å². The van der Waals surface area contributed by atoms with E-state index in [0.717, 1.165) is 83.5 Å². The third kappa shape index (κ3) is 43.7. The molecule has 0 radical (unpaired) electrons. The van der Waals surface area contributed by atoms with E-state index in [4.69, 9.17) is 4.74 Å². The molecular formula is C52H97NO5. The van der Waals surface area contributed by atoms with E-state index in [1.54, 1.807) is 6.08 Å². The molecule has 6 nitrogen and oxygen atoms in total. The quantitative estimate of drug-likeness (QED) is 0.0323. The number of nitrogens with one attached hydrogen (secondary N) is 1. The van der Waals surface area contributed by atoms with Gasteiger partial charge in [-0.3, -0.25) is 9.59 Å². The van der Waals surface area contributed by atoms with E-state index in [1.165, 1.54) is 148 Å². The Morgan fingerprint density at radius 2 is 0.810 bits per heavy atom. The molecule has 0 aliphatic carbocycles. The summed E-state index contributed by atoms with van der Waals surface area (Å²) in [6.45, 7) is 4.81. The maximum absolute atomic E-state index is 12.4. The first-order valence-electron chi connectivity index (χ1n) is 25.3. The predicted octanol–water partition coefficient (Wildman–Crippen LogP) is 14.9. The first kappa shape index (κ1) is 56.1. The molecule has 6 heteroatoms. The van der Waals surface area contributed by atoms with Crippen LogP contribution >= 0.6 is 0 Å². The van der Waals surface area contributed by atoms with Crippen LogP contribution in [0.4, 0.5) is 0 Å². The van der Waals surface area contributed by atoms with Crippen LogP contribution in [0.25, 0.3) is 0 Å². The van der Waals surface area contributed by atoms with Crippen molar-refractivity contribution in [3.8, 4) is 0 Å². The second kappa shape index (κ2) is 47.8. The fraction of sp³-hybridized carbons (Fsp3) is 0.846. The van der Waals surface area contributed by atoms with Crippen molar-refractivity contribution in [1.29, 1.82) is 0 Å². The van der Waals surface area contributed by atoms with Crippen LogP contribution in [-0.4, -0.2) is 47.4 Å². The van der Waals surface area contributed by atoms with Gasteiger partial charge in [-0.05, 0) is 89.9 Å². The molecule has 0 fully saturated rings. The number of allylic oxidation sites excluding steroid dienone is 5. The van der Waals surface area contributed by atoms with Crippen LogP contribution in [0.5, 0.6) is 0 Å². The molecule has 58 heavy (non-hydrogen) atoms. The summed E-state index contributed by atoms with van der Waals surface area (Å²) >= 11 is 0. The number of aliphatic hydroxyl groups excluding tert-OH is 2. The Morgan fingerprint density at radius 3 is 1.22 bits per heavy atom. The van der Waals surface area contributed by atoms with Gasteiger partial charge in [-0.15, -0.1) is 0 Å². The zero-order valence-electron chi connectivity index (χ0n) is 38.5. The number of aliphatic hydroxyl groups is 2. The molecule has 0 saturated carbocycles. The fourth-order valence-corrected chi connectivity index (χ4v) is 7.44. The van der Waals surface area contributed by atoms with Gasteiger partial charge in [0.05, 0.1) is 25.4 Å². The highest BCUT2D eigenvalue weighted by Crippen LogP contribution is 2.14. The zero-order valence-corrected chi connectivity index (χ0v) is 38.5. The van der Waals surface area contributed by atoms with E-state index in [2.05, 4.69) is 43.5 Å². The van der Waals surface area contributed by atoms with E-state index in [-0.39, 0.29) is 18.5 Å². The Kier molecular flexibility index (Phi) is 46.2. The summed E-state index contributed by atoms with van der Waals surface area (Å²) < 4.78 is 5.45. The van der Waals surface area contributed by atoms with Crippen LogP contribution in [0.1, 0.15) is 258 Å². The number of hydrogen-bond acceptors (Lipinski definition) is 5. The van der Waals surface area contributed by atoms with Gasteiger partial charge in [0.1, 0.15) is 0 Å². The number of hydrogen-bond donors (Lipinski definition) is 3. The predicted molar refractivity (Wildman–Crippen MR) is 250 cm³/mol. The van der Waals surface area contributed by atoms with Crippen LogP contribution in [-0.2, 0) is 14.3 Å². The highest BCUT2D eigenvalue weighted by Gasteiger charge is 2.18. The monoisotopic (exact) mass is 816 g/mol. The first-order valence-corrected chi connectivity index (χ1v) is 25.3. The summed E-state index contributed by atoms with van der Waals surface area (Å²) in [6, 6.07) is -0.645. The lowest BCUT2D eigenvalue weighted by Crippen LogP contribution is -2.45. The highest BCUT2D eigenvalue weighted by molar-refractivity contribution is 5.76. The average molecular weight is 816 g/mol. The molecule has 0 aromatic rings. The average Bonchev–Trinajstić information content (AvgIpc) is 3.22. The molecule has 1 amide bonds. The normalized spacial score (nSPS) is 13.0. The van der Waals surface area contributed by atoms with Gasteiger partial charge < -0.3 is 20.3 Å². The van der Waals surface area contributed by atoms with Crippen molar-refractivity contribution < 1.29 is 24.5 Å². The minimum atomic E-state index is -0.859. The Labute approximate surface area is 360 Å². The number of carbonyl (C=O) groups is 2. The molecule has 0 bridgehead atoms. The molecule has 0 aromatic heterocycles. The molecule has 0 saturated heterocycles. The minimum absolute atomic E-state index is 0.0259. The van der Waals surface area contributed by atoms with Crippen LogP contribution in [0.3, 0.4) is 0 Å². The van der Waals surface area contributed by atoms with Gasteiger partial charge in [0.15, 0.2) is 0 Å². The third-order valence-electron chi connectivity index (χ3n) is 11.4. The van der Waals surface area contributed by atoms with E-state index in [9.17, 15) is 19.8 Å². The maximum atomic E-state index is 12.4. The number of carbonyl (C=O) groups excluding carboxylic acids is 2. The van der Waals surface area contributed by atoms with Crippen molar-refractivity contribution in [2.75, 3.05) is 13.2 Å². The third-order valence-corrected chi connectivity index (χ3v) is 11.4. The number of amides is 1. The number of unbranched alkanes of at least 4 members (excludes halogenated alkanes) is 31. The van der Waals surface area contributed by atoms with Gasteiger partial charge in [-0.2, -0.15) is 0 Å². The second-order valence-electron chi connectivity index (χ2n) is 17.1. The van der Waals surface area contributed by atoms with E-state index < -0.39 is 12.1 Å². The van der Waals surface area contributed by atoms with Gasteiger partial charge in [0, 0.05) is 12.8 Å². The van der Waals surface area contributed by atoms with Gasteiger partial charge in [0.2, 0.25) is 5.91 Å². The Hall–Kier alpha value is -1.92. The SMILES string of the molecule is CCCCCCCC/C=C\CCCCCCCCCCCC(=O)OCCCCC/C=C\CCCCCCCC(=O)NC(CO)C(O)/C=C/CCCCCCCCCC. The number of esters is 1. The molecule has 2 atom stereocenters. The van der Waals surface area contributed by atoms with Crippen LogP contribution in [0.15, 0.2) is 36.5 Å². The fourth-order valence-electron chi connectivity index (χ4n) is 7.44. The molecule has 2 unspecified atom stereocenters. The lowest BCUT2D eigenvalue weighted by Gasteiger charge is -2.20. The second-order valence-corrected chi connectivity index (χ2v) is 17.1. The molecule has 0 heterocycles. The summed E-state index contributed by atoms with van der Waals surface area (Å²) in [5.74, 6) is -0.123. The van der Waals surface area contributed by atoms with Crippen molar-refractivity contribution in [3.63, 3.8) is 0 Å². The molecule has 340 valence electrons. The zero-order chi connectivity index (χ0) is 42.3. The molecular weight excluding hydrogens is 719 g/mol. The van der Waals surface area contributed by atoms with E-state index >= 15 is 0 Å². The number of rotatable bonds is 46. The minimum Gasteiger partial charge on any atom is -0.466 e. The molecule has 0 spiro atoms. The summed E-state index contributed by atoms with van der Waals surface area (Å²) in [5.41, 5.74) is 0. The Morgan fingerprint density at radius 1 is 0.466 bits per heavy atom. The van der Waals surface area contributed by atoms with Gasteiger partial charge in [-0.25, -0.2) is 0 Å². The van der Waals surface area contributed by atoms with Gasteiger partial charge in [-0.1, -0.05) is 192 Å². The van der Waals surface area contributed by atoms with Crippen LogP contribution in [0.2, 0.25) is 0 Å². The summed E-state index contributed by atoms with van der Waals surface area (Å²) in [4.78, 5) is 24.4. The first-order chi connectivity index (χ1) is 28.5. The van der Waals surface area contributed by atoms with Crippen molar-refractivity contribution in [1.82, 2.24) is 5.32 Å².